The lowest BCUT2D eigenvalue weighted by molar-refractivity contribution is 0.342. The minimum absolute atomic E-state index is 0.615. The predicted molar refractivity (Wildman–Crippen MR) is 85.9 cm³/mol. The van der Waals surface area contributed by atoms with E-state index in [0.717, 1.165) is 23.7 Å². The van der Waals surface area contributed by atoms with Gasteiger partial charge in [0, 0.05) is 12.2 Å². The van der Waals surface area contributed by atoms with Crippen LogP contribution in [0.15, 0.2) is 42.5 Å². The molecule has 2 N–H and O–H groups in total. The number of aryl methyl sites for hydroxylation is 1. The molecule has 0 amide bonds. The Bertz CT molecular complexity index is 564. The molecule has 0 aliphatic carbocycles. The fraction of sp³-hybridized carbons (Fsp3) is 0.294. The number of ether oxygens (including phenoxy) is 1. The standard InChI is InChI=1S/C17H22N2O/c1-4-19(14-11-9-13(3)10-12-14)15-7-6-8-16(17(15)18)20-5-2/h6-12H,4-5,18H2,1-3H3. The lowest BCUT2D eigenvalue weighted by atomic mass is 10.1. The number of anilines is 3. The summed E-state index contributed by atoms with van der Waals surface area (Å²) < 4.78 is 5.58. The van der Waals surface area contributed by atoms with E-state index in [2.05, 4.69) is 43.0 Å². The quantitative estimate of drug-likeness (QED) is 0.830. The zero-order chi connectivity index (χ0) is 14.5. The molecule has 2 aromatic rings. The van der Waals surface area contributed by atoms with Crippen LogP contribution in [0, 0.1) is 6.92 Å². The lowest BCUT2D eigenvalue weighted by Gasteiger charge is -2.25. The minimum atomic E-state index is 0.615. The van der Waals surface area contributed by atoms with Gasteiger partial charge in [-0.3, -0.25) is 0 Å². The highest BCUT2D eigenvalue weighted by Crippen LogP contribution is 2.36. The topological polar surface area (TPSA) is 38.5 Å². The van der Waals surface area contributed by atoms with E-state index in [9.17, 15) is 0 Å². The Labute approximate surface area is 121 Å². The fourth-order valence-electron chi connectivity index (χ4n) is 2.27. The van der Waals surface area contributed by atoms with Crippen LogP contribution >= 0.6 is 0 Å². The zero-order valence-corrected chi connectivity index (χ0v) is 12.4. The molecule has 106 valence electrons. The van der Waals surface area contributed by atoms with Gasteiger partial charge in [0.15, 0.2) is 0 Å². The molecule has 3 nitrogen and oxygen atoms in total. The normalized spacial score (nSPS) is 10.3. The van der Waals surface area contributed by atoms with E-state index >= 15 is 0 Å². The molecule has 0 aliphatic rings. The van der Waals surface area contributed by atoms with Crippen LogP contribution in [-0.4, -0.2) is 13.2 Å². The molecule has 2 aromatic carbocycles. The summed E-state index contributed by atoms with van der Waals surface area (Å²) in [6.07, 6.45) is 0. The van der Waals surface area contributed by atoms with Crippen molar-refractivity contribution in [2.24, 2.45) is 0 Å². The Kier molecular flexibility index (Phi) is 4.51. The molecule has 0 spiro atoms. The number of nitrogens with zero attached hydrogens (tertiary/aromatic N) is 1. The maximum Gasteiger partial charge on any atom is 0.144 e. The number of rotatable bonds is 5. The van der Waals surface area contributed by atoms with Crippen molar-refractivity contribution in [2.75, 3.05) is 23.8 Å². The van der Waals surface area contributed by atoms with Crippen LogP contribution in [-0.2, 0) is 0 Å². The number of nitrogens with two attached hydrogens (primary N) is 1. The Balaban J connectivity index is 2.41. The zero-order valence-electron chi connectivity index (χ0n) is 12.4. The second-order valence-electron chi connectivity index (χ2n) is 4.70. The van der Waals surface area contributed by atoms with Crippen molar-refractivity contribution in [1.29, 1.82) is 0 Å². The van der Waals surface area contributed by atoms with Gasteiger partial charge < -0.3 is 15.4 Å². The van der Waals surface area contributed by atoms with Crippen LogP contribution in [0.3, 0.4) is 0 Å². The van der Waals surface area contributed by atoms with Crippen molar-refractivity contribution < 1.29 is 4.74 Å². The molecular formula is C17H22N2O. The third kappa shape index (κ3) is 2.87. The summed E-state index contributed by atoms with van der Waals surface area (Å²) in [5.74, 6) is 0.746. The van der Waals surface area contributed by atoms with Crippen LogP contribution in [0.2, 0.25) is 0 Å². The van der Waals surface area contributed by atoms with Gasteiger partial charge in [-0.15, -0.1) is 0 Å². The van der Waals surface area contributed by atoms with E-state index in [-0.39, 0.29) is 0 Å². The van der Waals surface area contributed by atoms with Crippen molar-refractivity contribution in [3.8, 4) is 5.75 Å². The van der Waals surface area contributed by atoms with Crippen LogP contribution in [0.5, 0.6) is 5.75 Å². The average Bonchev–Trinajstić information content (AvgIpc) is 2.46. The molecular weight excluding hydrogens is 248 g/mol. The lowest BCUT2D eigenvalue weighted by Crippen LogP contribution is -2.17. The van der Waals surface area contributed by atoms with Crippen LogP contribution in [0.1, 0.15) is 19.4 Å². The number of hydrogen-bond donors (Lipinski definition) is 1. The van der Waals surface area contributed by atoms with Gasteiger partial charge >= 0.3 is 0 Å². The van der Waals surface area contributed by atoms with E-state index in [1.54, 1.807) is 0 Å². The molecule has 0 unspecified atom stereocenters. The van der Waals surface area contributed by atoms with E-state index < -0.39 is 0 Å². The highest BCUT2D eigenvalue weighted by molar-refractivity contribution is 5.79. The Morgan fingerprint density at radius 2 is 1.75 bits per heavy atom. The molecule has 0 atom stereocenters. The van der Waals surface area contributed by atoms with Gasteiger partial charge in [0.1, 0.15) is 5.75 Å². The fourth-order valence-corrected chi connectivity index (χ4v) is 2.27. The summed E-state index contributed by atoms with van der Waals surface area (Å²) >= 11 is 0. The van der Waals surface area contributed by atoms with Crippen molar-refractivity contribution in [3.05, 3.63) is 48.0 Å². The summed E-state index contributed by atoms with van der Waals surface area (Å²) in [6.45, 7) is 7.63. The first-order valence-corrected chi connectivity index (χ1v) is 7.02. The molecule has 0 fully saturated rings. The number of hydrogen-bond acceptors (Lipinski definition) is 3. The van der Waals surface area contributed by atoms with Crippen molar-refractivity contribution in [1.82, 2.24) is 0 Å². The molecule has 0 saturated heterocycles. The SMILES string of the molecule is CCOc1cccc(N(CC)c2ccc(C)cc2)c1N. The summed E-state index contributed by atoms with van der Waals surface area (Å²) in [4.78, 5) is 2.19. The van der Waals surface area contributed by atoms with Gasteiger partial charge in [0.05, 0.1) is 18.0 Å². The summed E-state index contributed by atoms with van der Waals surface area (Å²) in [6, 6.07) is 14.4. The van der Waals surface area contributed by atoms with E-state index in [1.807, 2.05) is 25.1 Å². The second kappa shape index (κ2) is 6.33. The van der Waals surface area contributed by atoms with E-state index in [1.165, 1.54) is 5.56 Å². The van der Waals surface area contributed by atoms with Gasteiger partial charge in [-0.2, -0.15) is 0 Å². The molecule has 2 rings (SSSR count). The minimum Gasteiger partial charge on any atom is -0.492 e. The number of benzene rings is 2. The monoisotopic (exact) mass is 270 g/mol. The third-order valence-corrected chi connectivity index (χ3v) is 3.30. The second-order valence-corrected chi connectivity index (χ2v) is 4.70. The van der Waals surface area contributed by atoms with Crippen LogP contribution < -0.4 is 15.4 Å². The third-order valence-electron chi connectivity index (χ3n) is 3.30. The maximum atomic E-state index is 6.25. The smallest absolute Gasteiger partial charge is 0.144 e. The molecule has 0 saturated carbocycles. The Morgan fingerprint density at radius 1 is 1.05 bits per heavy atom. The highest BCUT2D eigenvalue weighted by atomic mass is 16.5. The summed E-state index contributed by atoms with van der Waals surface area (Å²) in [7, 11) is 0. The first kappa shape index (κ1) is 14.3. The van der Waals surface area contributed by atoms with Gasteiger partial charge in [-0.1, -0.05) is 23.8 Å². The van der Waals surface area contributed by atoms with E-state index in [0.29, 0.717) is 12.3 Å². The highest BCUT2D eigenvalue weighted by Gasteiger charge is 2.13. The maximum absolute atomic E-state index is 6.25. The van der Waals surface area contributed by atoms with Gasteiger partial charge in [0.25, 0.3) is 0 Å². The summed E-state index contributed by atoms with van der Waals surface area (Å²) in [5.41, 5.74) is 10.3. The molecule has 0 radical (unpaired) electrons. The van der Waals surface area contributed by atoms with Crippen LogP contribution in [0.4, 0.5) is 17.1 Å². The molecule has 0 heterocycles. The van der Waals surface area contributed by atoms with Gasteiger partial charge in [0.2, 0.25) is 0 Å². The van der Waals surface area contributed by atoms with Crippen molar-refractivity contribution in [2.45, 2.75) is 20.8 Å². The first-order chi connectivity index (χ1) is 9.67. The average molecular weight is 270 g/mol. The molecule has 0 aliphatic heterocycles. The molecule has 20 heavy (non-hydrogen) atoms. The largest absolute Gasteiger partial charge is 0.492 e. The molecule has 0 aromatic heterocycles. The Hall–Kier alpha value is -2.16. The van der Waals surface area contributed by atoms with Crippen molar-refractivity contribution >= 4 is 17.1 Å². The van der Waals surface area contributed by atoms with E-state index in [4.69, 9.17) is 10.5 Å². The summed E-state index contributed by atoms with van der Waals surface area (Å²) in [5, 5.41) is 0. The van der Waals surface area contributed by atoms with Gasteiger partial charge in [-0.25, -0.2) is 0 Å². The molecule has 0 bridgehead atoms. The van der Waals surface area contributed by atoms with Gasteiger partial charge in [-0.05, 0) is 45.0 Å². The first-order valence-electron chi connectivity index (χ1n) is 7.02. The number of nitrogen functional groups attached to an aromatic ring is 1. The predicted octanol–water partition coefficient (Wildman–Crippen LogP) is 4.13. The van der Waals surface area contributed by atoms with Crippen LogP contribution in [0.25, 0.3) is 0 Å². The Morgan fingerprint density at radius 3 is 2.35 bits per heavy atom. The number of para-hydroxylation sites is 1. The molecule has 3 heteroatoms. The van der Waals surface area contributed by atoms with Crippen molar-refractivity contribution in [3.63, 3.8) is 0 Å².